The molecule has 25 heavy (non-hydrogen) atoms. The molecule has 0 saturated heterocycles. The van der Waals surface area contributed by atoms with Crippen molar-refractivity contribution in [2.75, 3.05) is 0 Å². The van der Waals surface area contributed by atoms with Crippen LogP contribution in [-0.2, 0) is 6.54 Å². The molecule has 3 nitrogen and oxygen atoms in total. The van der Waals surface area contributed by atoms with Crippen molar-refractivity contribution in [3.8, 4) is 11.1 Å². The Balaban J connectivity index is 1.71. The third-order valence-electron chi connectivity index (χ3n) is 4.17. The van der Waals surface area contributed by atoms with Crippen LogP contribution in [0.5, 0.6) is 0 Å². The van der Waals surface area contributed by atoms with Crippen molar-refractivity contribution in [1.82, 2.24) is 9.55 Å². The maximum absolute atomic E-state index is 12.7. The highest BCUT2D eigenvalue weighted by atomic mass is 35.5. The zero-order valence-corrected chi connectivity index (χ0v) is 14.1. The summed E-state index contributed by atoms with van der Waals surface area (Å²) in [7, 11) is 0. The standard InChI is InChI=1S/C21H15ClN2O/c22-18-9-10-19-20(12-18)23-14-24(21(19)25)13-15-5-4-8-17(11-15)16-6-2-1-3-7-16/h1-12,14H,13H2. The van der Waals surface area contributed by atoms with Gasteiger partial charge in [0.1, 0.15) is 0 Å². The molecule has 0 bridgehead atoms. The largest absolute Gasteiger partial charge is 0.294 e. The molecule has 0 aliphatic heterocycles. The summed E-state index contributed by atoms with van der Waals surface area (Å²) in [4.78, 5) is 17.0. The fourth-order valence-electron chi connectivity index (χ4n) is 2.92. The minimum atomic E-state index is -0.0632. The molecule has 122 valence electrons. The van der Waals surface area contributed by atoms with Gasteiger partial charge in [-0.15, -0.1) is 0 Å². The molecule has 0 unspecified atom stereocenters. The highest BCUT2D eigenvalue weighted by molar-refractivity contribution is 6.31. The van der Waals surface area contributed by atoms with E-state index in [1.165, 1.54) is 0 Å². The van der Waals surface area contributed by atoms with Crippen LogP contribution in [0.2, 0.25) is 5.02 Å². The van der Waals surface area contributed by atoms with E-state index in [0.29, 0.717) is 22.5 Å². The summed E-state index contributed by atoms with van der Waals surface area (Å²) in [5.41, 5.74) is 3.90. The Morgan fingerprint density at radius 1 is 0.880 bits per heavy atom. The Morgan fingerprint density at radius 3 is 2.52 bits per heavy atom. The molecule has 0 spiro atoms. The second kappa shape index (κ2) is 6.54. The molecule has 0 atom stereocenters. The third-order valence-corrected chi connectivity index (χ3v) is 4.41. The van der Waals surface area contributed by atoms with Gasteiger partial charge in [0.15, 0.2) is 0 Å². The predicted molar refractivity (Wildman–Crippen MR) is 102 cm³/mol. The lowest BCUT2D eigenvalue weighted by Gasteiger charge is -2.09. The molecule has 1 aromatic heterocycles. The molecule has 0 radical (unpaired) electrons. The van der Waals surface area contributed by atoms with E-state index >= 15 is 0 Å². The van der Waals surface area contributed by atoms with E-state index in [-0.39, 0.29) is 5.56 Å². The van der Waals surface area contributed by atoms with Crippen LogP contribution in [0.15, 0.2) is 83.9 Å². The van der Waals surface area contributed by atoms with E-state index in [0.717, 1.165) is 16.7 Å². The second-order valence-corrected chi connectivity index (χ2v) is 6.34. The number of rotatable bonds is 3. The summed E-state index contributed by atoms with van der Waals surface area (Å²) in [5, 5.41) is 1.15. The summed E-state index contributed by atoms with van der Waals surface area (Å²) in [6, 6.07) is 23.5. The lowest BCUT2D eigenvalue weighted by molar-refractivity contribution is 0.748. The molecule has 0 saturated carbocycles. The van der Waals surface area contributed by atoms with Gasteiger partial charge in [0.2, 0.25) is 0 Å². The fourth-order valence-corrected chi connectivity index (χ4v) is 3.09. The maximum Gasteiger partial charge on any atom is 0.261 e. The van der Waals surface area contributed by atoms with Crippen molar-refractivity contribution in [2.24, 2.45) is 0 Å². The number of halogens is 1. The average Bonchev–Trinajstić information content (AvgIpc) is 2.65. The van der Waals surface area contributed by atoms with Crippen molar-refractivity contribution in [3.63, 3.8) is 0 Å². The molecule has 0 amide bonds. The number of benzene rings is 3. The minimum absolute atomic E-state index is 0.0632. The number of hydrogen-bond donors (Lipinski definition) is 0. The SMILES string of the molecule is O=c1c2ccc(Cl)cc2ncn1Cc1cccc(-c2ccccc2)c1. The lowest BCUT2D eigenvalue weighted by Crippen LogP contribution is -2.21. The molecular weight excluding hydrogens is 332 g/mol. The van der Waals surface area contributed by atoms with Gasteiger partial charge in [-0.2, -0.15) is 0 Å². The third kappa shape index (κ3) is 3.19. The van der Waals surface area contributed by atoms with E-state index in [1.807, 2.05) is 30.3 Å². The molecule has 4 aromatic rings. The predicted octanol–water partition coefficient (Wildman–Crippen LogP) is 4.77. The van der Waals surface area contributed by atoms with Crippen molar-refractivity contribution >= 4 is 22.5 Å². The Morgan fingerprint density at radius 2 is 1.68 bits per heavy atom. The van der Waals surface area contributed by atoms with E-state index in [1.54, 1.807) is 29.1 Å². The Bertz CT molecular complexity index is 1100. The van der Waals surface area contributed by atoms with Crippen LogP contribution in [0.3, 0.4) is 0 Å². The van der Waals surface area contributed by atoms with Crippen molar-refractivity contribution in [3.05, 3.63) is 100 Å². The number of nitrogens with zero attached hydrogens (tertiary/aromatic N) is 2. The van der Waals surface area contributed by atoms with Crippen LogP contribution >= 0.6 is 11.6 Å². The van der Waals surface area contributed by atoms with Gasteiger partial charge in [-0.05, 0) is 41.0 Å². The summed E-state index contributed by atoms with van der Waals surface area (Å²) < 4.78 is 1.63. The maximum atomic E-state index is 12.7. The highest BCUT2D eigenvalue weighted by Crippen LogP contribution is 2.20. The summed E-state index contributed by atoms with van der Waals surface area (Å²) in [6.45, 7) is 0.477. The molecule has 0 aliphatic carbocycles. The zero-order valence-electron chi connectivity index (χ0n) is 13.4. The van der Waals surface area contributed by atoms with Crippen LogP contribution in [0.4, 0.5) is 0 Å². The van der Waals surface area contributed by atoms with Crippen molar-refractivity contribution in [1.29, 1.82) is 0 Å². The first-order chi connectivity index (χ1) is 12.2. The van der Waals surface area contributed by atoms with E-state index in [2.05, 4.69) is 29.2 Å². The zero-order chi connectivity index (χ0) is 17.2. The molecule has 0 N–H and O–H groups in total. The van der Waals surface area contributed by atoms with Gasteiger partial charge in [-0.3, -0.25) is 9.36 Å². The van der Waals surface area contributed by atoms with Gasteiger partial charge >= 0.3 is 0 Å². The Hall–Kier alpha value is -2.91. The molecule has 4 rings (SSSR count). The van der Waals surface area contributed by atoms with Gasteiger partial charge in [0.25, 0.3) is 5.56 Å². The van der Waals surface area contributed by atoms with Gasteiger partial charge < -0.3 is 0 Å². The molecule has 0 aliphatic rings. The first-order valence-electron chi connectivity index (χ1n) is 8.00. The van der Waals surface area contributed by atoms with Gasteiger partial charge in [-0.25, -0.2) is 4.98 Å². The van der Waals surface area contributed by atoms with Crippen LogP contribution in [0, 0.1) is 0 Å². The molecule has 0 fully saturated rings. The van der Waals surface area contributed by atoms with E-state index in [9.17, 15) is 4.79 Å². The quantitative estimate of drug-likeness (QED) is 0.536. The summed E-state index contributed by atoms with van der Waals surface area (Å²) in [6.07, 6.45) is 1.58. The Kier molecular flexibility index (Phi) is 4.08. The van der Waals surface area contributed by atoms with Crippen LogP contribution in [0.25, 0.3) is 22.0 Å². The highest BCUT2D eigenvalue weighted by Gasteiger charge is 2.06. The molecule has 4 heteroatoms. The van der Waals surface area contributed by atoms with Crippen molar-refractivity contribution in [2.45, 2.75) is 6.54 Å². The topological polar surface area (TPSA) is 34.9 Å². The monoisotopic (exact) mass is 346 g/mol. The van der Waals surface area contributed by atoms with Gasteiger partial charge in [-0.1, -0.05) is 60.1 Å². The van der Waals surface area contributed by atoms with Gasteiger partial charge in [0.05, 0.1) is 23.8 Å². The van der Waals surface area contributed by atoms with E-state index in [4.69, 9.17) is 11.6 Å². The summed E-state index contributed by atoms with van der Waals surface area (Å²) >= 11 is 5.97. The fraction of sp³-hybridized carbons (Fsp3) is 0.0476. The average molecular weight is 347 g/mol. The lowest BCUT2D eigenvalue weighted by atomic mass is 10.0. The van der Waals surface area contributed by atoms with Gasteiger partial charge in [0, 0.05) is 5.02 Å². The molecule has 1 heterocycles. The van der Waals surface area contributed by atoms with Crippen LogP contribution < -0.4 is 5.56 Å². The van der Waals surface area contributed by atoms with Crippen molar-refractivity contribution < 1.29 is 0 Å². The second-order valence-electron chi connectivity index (χ2n) is 5.91. The van der Waals surface area contributed by atoms with Crippen LogP contribution in [0.1, 0.15) is 5.56 Å². The van der Waals surface area contributed by atoms with Crippen LogP contribution in [-0.4, -0.2) is 9.55 Å². The number of aromatic nitrogens is 2. The molecule has 3 aromatic carbocycles. The first kappa shape index (κ1) is 15.6. The number of fused-ring (bicyclic) bond motifs is 1. The number of hydrogen-bond acceptors (Lipinski definition) is 2. The minimum Gasteiger partial charge on any atom is -0.294 e. The first-order valence-corrected chi connectivity index (χ1v) is 8.37. The normalized spacial score (nSPS) is 10.9. The molecular formula is C21H15ClN2O. The summed E-state index contributed by atoms with van der Waals surface area (Å²) in [5.74, 6) is 0. The Labute approximate surface area is 150 Å². The smallest absolute Gasteiger partial charge is 0.261 e. The van der Waals surface area contributed by atoms with E-state index < -0.39 is 0 Å².